The van der Waals surface area contributed by atoms with Crippen molar-refractivity contribution in [1.29, 1.82) is 0 Å². The van der Waals surface area contributed by atoms with Crippen molar-refractivity contribution in [2.24, 2.45) is 0 Å². The molecule has 0 aliphatic rings. The Hall–Kier alpha value is -7.04. The first-order valence-corrected chi connectivity index (χ1v) is 17.6. The van der Waals surface area contributed by atoms with Crippen molar-refractivity contribution in [3.63, 3.8) is 0 Å². The molecule has 0 aliphatic heterocycles. The summed E-state index contributed by atoms with van der Waals surface area (Å²) in [5, 5.41) is 3.69. The van der Waals surface area contributed by atoms with E-state index in [1.807, 2.05) is 24.3 Å². The fraction of sp³-hybridized carbons (Fsp3) is 0. The van der Waals surface area contributed by atoms with Gasteiger partial charge in [-0.15, -0.1) is 0 Å². The first kappa shape index (κ1) is 29.8. The Kier molecular flexibility index (Phi) is 7.10. The number of aromatic nitrogens is 4. The van der Waals surface area contributed by atoms with Gasteiger partial charge in [-0.3, -0.25) is 4.57 Å². The molecule has 0 radical (unpaired) electrons. The van der Waals surface area contributed by atoms with Crippen LogP contribution in [0.15, 0.2) is 194 Å². The van der Waals surface area contributed by atoms with Gasteiger partial charge < -0.3 is 4.57 Å². The van der Waals surface area contributed by atoms with Gasteiger partial charge in [0.05, 0.1) is 27.9 Å². The SMILES string of the molecule is c1ccc(-c2cc(-n3c(-c4ccc(-c5ccc(-n6c7ccccc7c7ccccc76)cc5)cc4)cc4ccccc43)nc(-c3ccccc3)n2)cc1. The number of benzene rings is 7. The molecule has 244 valence electrons. The molecule has 0 atom stereocenters. The highest BCUT2D eigenvalue weighted by atomic mass is 15.1. The van der Waals surface area contributed by atoms with E-state index in [0.717, 1.165) is 50.5 Å². The average Bonchev–Trinajstić information content (AvgIpc) is 3.78. The van der Waals surface area contributed by atoms with E-state index in [2.05, 4.69) is 179 Å². The van der Waals surface area contributed by atoms with E-state index < -0.39 is 0 Å². The van der Waals surface area contributed by atoms with Crippen molar-refractivity contribution >= 4 is 32.7 Å². The summed E-state index contributed by atoms with van der Waals surface area (Å²) < 4.78 is 4.63. The van der Waals surface area contributed by atoms with Crippen LogP contribution in [-0.2, 0) is 0 Å². The normalized spacial score (nSPS) is 11.5. The summed E-state index contributed by atoms with van der Waals surface area (Å²) in [6.07, 6.45) is 0. The third-order valence-electron chi connectivity index (χ3n) is 9.97. The lowest BCUT2D eigenvalue weighted by molar-refractivity contribution is 1.02. The van der Waals surface area contributed by atoms with Gasteiger partial charge in [-0.2, -0.15) is 0 Å². The summed E-state index contributed by atoms with van der Waals surface area (Å²) in [6.45, 7) is 0. The van der Waals surface area contributed by atoms with E-state index in [9.17, 15) is 0 Å². The van der Waals surface area contributed by atoms with Gasteiger partial charge in [0.15, 0.2) is 5.82 Å². The van der Waals surface area contributed by atoms with E-state index in [4.69, 9.17) is 9.97 Å². The summed E-state index contributed by atoms with van der Waals surface area (Å²) >= 11 is 0. The molecule has 10 rings (SSSR count). The molecule has 4 nitrogen and oxygen atoms in total. The van der Waals surface area contributed by atoms with E-state index in [-0.39, 0.29) is 0 Å². The second kappa shape index (κ2) is 12.4. The molecule has 0 spiro atoms. The van der Waals surface area contributed by atoms with Crippen molar-refractivity contribution in [1.82, 2.24) is 19.1 Å². The number of para-hydroxylation sites is 3. The van der Waals surface area contributed by atoms with Crippen LogP contribution in [0.25, 0.3) is 89.2 Å². The molecule has 0 saturated heterocycles. The molecular weight excluding hydrogens is 633 g/mol. The molecule has 0 bridgehead atoms. The smallest absolute Gasteiger partial charge is 0.162 e. The van der Waals surface area contributed by atoms with Crippen LogP contribution in [0.4, 0.5) is 0 Å². The molecule has 3 aromatic heterocycles. The fourth-order valence-corrected chi connectivity index (χ4v) is 7.47. The molecule has 0 amide bonds. The van der Waals surface area contributed by atoms with Crippen LogP contribution in [0.5, 0.6) is 0 Å². The van der Waals surface area contributed by atoms with Gasteiger partial charge in [-0.05, 0) is 53.1 Å². The second-order valence-corrected chi connectivity index (χ2v) is 13.1. The van der Waals surface area contributed by atoms with Gasteiger partial charge in [0.2, 0.25) is 0 Å². The molecular formula is C48H32N4. The highest BCUT2D eigenvalue weighted by Crippen LogP contribution is 2.36. The number of hydrogen-bond donors (Lipinski definition) is 0. The monoisotopic (exact) mass is 664 g/mol. The van der Waals surface area contributed by atoms with Crippen molar-refractivity contribution in [2.75, 3.05) is 0 Å². The van der Waals surface area contributed by atoms with Crippen molar-refractivity contribution in [2.45, 2.75) is 0 Å². The zero-order chi connectivity index (χ0) is 34.4. The van der Waals surface area contributed by atoms with Crippen molar-refractivity contribution in [3.8, 4) is 56.5 Å². The standard InChI is InChI=1S/C48H32N4/c1-3-13-35(14-4-1)42-32-47(50-48(49-42)37-15-5-2-6-16-37)52-43-20-10-7-17-38(43)31-46(52)36-25-23-33(24-26-36)34-27-29-39(30-28-34)51-44-21-11-8-18-40(44)41-19-9-12-22-45(41)51/h1-32H. The third-order valence-corrected chi connectivity index (χ3v) is 9.97. The van der Waals surface area contributed by atoms with Crippen LogP contribution in [0, 0.1) is 0 Å². The lowest BCUT2D eigenvalue weighted by Crippen LogP contribution is -2.04. The van der Waals surface area contributed by atoms with Gasteiger partial charge in [-0.1, -0.05) is 152 Å². The molecule has 3 heterocycles. The van der Waals surface area contributed by atoms with Crippen LogP contribution < -0.4 is 0 Å². The first-order chi connectivity index (χ1) is 25.8. The topological polar surface area (TPSA) is 35.6 Å². The largest absolute Gasteiger partial charge is 0.309 e. The highest BCUT2D eigenvalue weighted by molar-refractivity contribution is 6.09. The minimum absolute atomic E-state index is 0.695. The maximum absolute atomic E-state index is 5.19. The first-order valence-electron chi connectivity index (χ1n) is 17.6. The summed E-state index contributed by atoms with van der Waals surface area (Å²) in [5.41, 5.74) is 12.1. The maximum atomic E-state index is 5.19. The molecule has 0 N–H and O–H groups in total. The predicted molar refractivity (Wildman–Crippen MR) is 215 cm³/mol. The van der Waals surface area contributed by atoms with Gasteiger partial charge in [0, 0.05) is 39.0 Å². The van der Waals surface area contributed by atoms with Crippen LogP contribution >= 0.6 is 0 Å². The van der Waals surface area contributed by atoms with Crippen molar-refractivity contribution < 1.29 is 0 Å². The van der Waals surface area contributed by atoms with Gasteiger partial charge in [0.25, 0.3) is 0 Å². The fourth-order valence-electron chi connectivity index (χ4n) is 7.47. The average molecular weight is 665 g/mol. The quantitative estimate of drug-likeness (QED) is 0.177. The Morgan fingerprint density at radius 3 is 1.52 bits per heavy atom. The summed E-state index contributed by atoms with van der Waals surface area (Å²) in [7, 11) is 0. The van der Waals surface area contributed by atoms with Gasteiger partial charge in [-0.25, -0.2) is 9.97 Å². The molecule has 52 heavy (non-hydrogen) atoms. The lowest BCUT2D eigenvalue weighted by atomic mass is 10.0. The van der Waals surface area contributed by atoms with Gasteiger partial charge >= 0.3 is 0 Å². The number of rotatable bonds is 6. The summed E-state index contributed by atoms with van der Waals surface area (Å²) in [5.74, 6) is 1.52. The third kappa shape index (κ3) is 5.09. The molecule has 0 unspecified atom stereocenters. The molecule has 0 saturated carbocycles. The Bertz CT molecular complexity index is 2750. The minimum Gasteiger partial charge on any atom is -0.309 e. The van der Waals surface area contributed by atoms with E-state index in [1.165, 1.54) is 32.9 Å². The summed E-state index contributed by atoms with van der Waals surface area (Å²) in [6, 6.07) is 68.5. The van der Waals surface area contributed by atoms with Crippen molar-refractivity contribution in [3.05, 3.63) is 194 Å². The van der Waals surface area contributed by atoms with E-state index in [1.54, 1.807) is 0 Å². The van der Waals surface area contributed by atoms with Crippen LogP contribution in [0.2, 0.25) is 0 Å². The Morgan fingerprint density at radius 2 is 0.865 bits per heavy atom. The number of nitrogens with zero attached hydrogens (tertiary/aromatic N) is 4. The molecule has 10 aromatic rings. The molecule has 0 fully saturated rings. The lowest BCUT2D eigenvalue weighted by Gasteiger charge is -2.14. The minimum atomic E-state index is 0.695. The second-order valence-electron chi connectivity index (χ2n) is 13.1. The molecule has 7 aromatic carbocycles. The zero-order valence-corrected chi connectivity index (χ0v) is 28.3. The van der Waals surface area contributed by atoms with Crippen LogP contribution in [-0.4, -0.2) is 19.1 Å². The number of hydrogen-bond acceptors (Lipinski definition) is 2. The Balaban J connectivity index is 1.05. The zero-order valence-electron chi connectivity index (χ0n) is 28.3. The van der Waals surface area contributed by atoms with E-state index in [0.29, 0.717) is 5.82 Å². The Morgan fingerprint density at radius 1 is 0.346 bits per heavy atom. The molecule has 4 heteroatoms. The Labute approximate surface area is 301 Å². The summed E-state index contributed by atoms with van der Waals surface area (Å²) in [4.78, 5) is 10.2. The highest BCUT2D eigenvalue weighted by Gasteiger charge is 2.17. The van der Waals surface area contributed by atoms with Crippen LogP contribution in [0.1, 0.15) is 0 Å². The van der Waals surface area contributed by atoms with Gasteiger partial charge in [0.1, 0.15) is 5.82 Å². The molecule has 0 aliphatic carbocycles. The predicted octanol–water partition coefficient (Wildman–Crippen LogP) is 12.2. The van der Waals surface area contributed by atoms with Crippen LogP contribution in [0.3, 0.4) is 0 Å². The number of fused-ring (bicyclic) bond motifs is 4. The maximum Gasteiger partial charge on any atom is 0.162 e. The van der Waals surface area contributed by atoms with E-state index >= 15 is 0 Å².